The molecule has 6 heteroatoms. The van der Waals surface area contributed by atoms with Gasteiger partial charge in [0.25, 0.3) is 0 Å². The van der Waals surface area contributed by atoms with Crippen molar-refractivity contribution in [1.82, 2.24) is 14.5 Å². The van der Waals surface area contributed by atoms with Crippen LogP contribution < -0.4 is 10.1 Å². The molecule has 26 heavy (non-hydrogen) atoms. The van der Waals surface area contributed by atoms with Crippen molar-refractivity contribution in [3.63, 3.8) is 0 Å². The van der Waals surface area contributed by atoms with E-state index in [1.54, 1.807) is 13.3 Å². The fourth-order valence-corrected chi connectivity index (χ4v) is 3.73. The van der Waals surface area contributed by atoms with Gasteiger partial charge in [-0.3, -0.25) is 4.98 Å². The summed E-state index contributed by atoms with van der Waals surface area (Å²) in [6, 6.07) is 9.69. The Labute approximate surface area is 156 Å². The third-order valence-electron chi connectivity index (χ3n) is 4.57. The number of hydrogen-bond donors (Lipinski definition) is 1. The van der Waals surface area contributed by atoms with E-state index in [1.807, 2.05) is 43.5 Å². The summed E-state index contributed by atoms with van der Waals surface area (Å²) in [6.07, 6.45) is 3.57. The zero-order chi connectivity index (χ0) is 18.3. The number of nitrogens with one attached hydrogen (secondary N) is 1. The second-order valence-electron chi connectivity index (χ2n) is 6.07. The van der Waals surface area contributed by atoms with Gasteiger partial charge in [-0.15, -0.1) is 0 Å². The molecule has 132 valence electrons. The summed E-state index contributed by atoms with van der Waals surface area (Å²) >= 11 is 6.44. The average molecular weight is 367 g/mol. The molecule has 0 amide bonds. The normalized spacial score (nSPS) is 11.2. The van der Waals surface area contributed by atoms with Crippen molar-refractivity contribution in [2.45, 2.75) is 20.4 Å². The van der Waals surface area contributed by atoms with Crippen LogP contribution >= 0.6 is 11.6 Å². The fraction of sp³-hybridized carbons (Fsp3) is 0.200. The van der Waals surface area contributed by atoms with E-state index in [2.05, 4.69) is 26.8 Å². The number of ether oxygens (including phenoxy) is 1. The molecule has 0 saturated carbocycles. The largest absolute Gasteiger partial charge is 0.493 e. The Hall–Kier alpha value is -2.79. The molecule has 5 nitrogen and oxygen atoms in total. The number of anilines is 2. The van der Waals surface area contributed by atoms with Crippen LogP contribution in [0.25, 0.3) is 21.8 Å². The first-order valence-corrected chi connectivity index (χ1v) is 8.85. The first-order chi connectivity index (χ1) is 12.6. The van der Waals surface area contributed by atoms with Gasteiger partial charge in [0.1, 0.15) is 0 Å². The minimum Gasteiger partial charge on any atom is -0.493 e. The lowest BCUT2D eigenvalue weighted by Crippen LogP contribution is -2.01. The van der Waals surface area contributed by atoms with Crippen molar-refractivity contribution in [3.05, 3.63) is 53.4 Å². The summed E-state index contributed by atoms with van der Waals surface area (Å²) < 4.78 is 7.68. The van der Waals surface area contributed by atoms with Crippen LogP contribution in [0.15, 0.2) is 42.7 Å². The summed E-state index contributed by atoms with van der Waals surface area (Å²) in [6.45, 7) is 4.98. The molecule has 0 fully saturated rings. The fourth-order valence-electron chi connectivity index (χ4n) is 3.51. The van der Waals surface area contributed by atoms with E-state index in [-0.39, 0.29) is 0 Å². The van der Waals surface area contributed by atoms with Crippen LogP contribution in [0.4, 0.5) is 11.5 Å². The maximum Gasteiger partial charge on any atom is 0.173 e. The van der Waals surface area contributed by atoms with Crippen LogP contribution in [0.1, 0.15) is 12.6 Å². The monoisotopic (exact) mass is 366 g/mol. The van der Waals surface area contributed by atoms with Gasteiger partial charge >= 0.3 is 0 Å². The number of fused-ring (bicyclic) bond motifs is 3. The molecule has 0 unspecified atom stereocenters. The van der Waals surface area contributed by atoms with Gasteiger partial charge in [-0.25, -0.2) is 4.98 Å². The van der Waals surface area contributed by atoms with E-state index in [1.165, 1.54) is 0 Å². The van der Waals surface area contributed by atoms with Crippen LogP contribution in [0.2, 0.25) is 5.02 Å². The minimum atomic E-state index is 0.654. The molecule has 0 bridgehead atoms. The van der Waals surface area contributed by atoms with Gasteiger partial charge in [0, 0.05) is 34.7 Å². The third kappa shape index (κ3) is 2.56. The number of benzene rings is 1. The highest BCUT2D eigenvalue weighted by molar-refractivity contribution is 6.32. The number of halogens is 1. The molecular weight excluding hydrogens is 348 g/mol. The van der Waals surface area contributed by atoms with Crippen molar-refractivity contribution in [1.29, 1.82) is 0 Å². The van der Waals surface area contributed by atoms with Gasteiger partial charge in [-0.2, -0.15) is 0 Å². The first kappa shape index (κ1) is 16.7. The lowest BCUT2D eigenvalue weighted by atomic mass is 10.1. The van der Waals surface area contributed by atoms with Crippen molar-refractivity contribution in [2.24, 2.45) is 0 Å². The zero-order valence-corrected chi connectivity index (χ0v) is 15.6. The predicted octanol–water partition coefficient (Wildman–Crippen LogP) is 5.32. The number of nitrogens with zero attached hydrogens (tertiary/aromatic N) is 3. The van der Waals surface area contributed by atoms with E-state index in [0.29, 0.717) is 16.6 Å². The Morgan fingerprint density at radius 3 is 2.73 bits per heavy atom. The predicted molar refractivity (Wildman–Crippen MR) is 107 cm³/mol. The Morgan fingerprint density at radius 1 is 1.12 bits per heavy atom. The lowest BCUT2D eigenvalue weighted by Gasteiger charge is -2.13. The Kier molecular flexibility index (Phi) is 4.17. The van der Waals surface area contributed by atoms with E-state index < -0.39 is 0 Å². The maximum absolute atomic E-state index is 6.44. The highest BCUT2D eigenvalue weighted by atomic mass is 35.5. The number of rotatable bonds is 4. The number of methoxy groups -OCH3 is 1. The Bertz CT molecular complexity index is 1120. The highest BCUT2D eigenvalue weighted by Gasteiger charge is 2.17. The third-order valence-corrected chi connectivity index (χ3v) is 4.79. The quantitative estimate of drug-likeness (QED) is 0.531. The van der Waals surface area contributed by atoms with Crippen LogP contribution in [0.5, 0.6) is 5.75 Å². The van der Waals surface area contributed by atoms with E-state index >= 15 is 0 Å². The van der Waals surface area contributed by atoms with Gasteiger partial charge < -0.3 is 14.6 Å². The smallest absolute Gasteiger partial charge is 0.173 e. The summed E-state index contributed by atoms with van der Waals surface area (Å²) in [4.78, 5) is 8.88. The van der Waals surface area contributed by atoms with Gasteiger partial charge in [-0.1, -0.05) is 11.6 Å². The van der Waals surface area contributed by atoms with Gasteiger partial charge in [0.05, 0.1) is 29.5 Å². The highest BCUT2D eigenvalue weighted by Crippen LogP contribution is 2.38. The molecule has 0 spiro atoms. The van der Waals surface area contributed by atoms with Crippen LogP contribution in [-0.4, -0.2) is 21.6 Å². The van der Waals surface area contributed by atoms with Gasteiger partial charge in [-0.05, 0) is 44.2 Å². The standard InChI is InChI=1S/C20H19ClN4O/c1-4-25-18-12(2)22-9-7-14(18)15-10-13(21)11-16(19(15)25)24-20-17(26-3)6-5-8-23-20/h5-11H,4H2,1-3H3,(H,23,24). The van der Waals surface area contributed by atoms with Crippen LogP contribution in [-0.2, 0) is 6.54 Å². The minimum absolute atomic E-state index is 0.654. The molecule has 4 aromatic rings. The van der Waals surface area contributed by atoms with Crippen molar-refractivity contribution in [2.75, 3.05) is 12.4 Å². The second-order valence-corrected chi connectivity index (χ2v) is 6.50. The summed E-state index contributed by atoms with van der Waals surface area (Å²) in [5, 5.41) is 6.31. The van der Waals surface area contributed by atoms with Gasteiger partial charge in [0.2, 0.25) is 0 Å². The number of pyridine rings is 2. The Morgan fingerprint density at radius 2 is 1.96 bits per heavy atom. The van der Waals surface area contributed by atoms with E-state index in [4.69, 9.17) is 16.3 Å². The summed E-state index contributed by atoms with van der Waals surface area (Å²) in [5.74, 6) is 1.33. The molecule has 4 rings (SSSR count). The maximum atomic E-state index is 6.44. The first-order valence-electron chi connectivity index (χ1n) is 8.47. The second kappa shape index (κ2) is 6.50. The van der Waals surface area contributed by atoms with Crippen molar-refractivity contribution >= 4 is 44.9 Å². The molecular formula is C20H19ClN4O. The van der Waals surface area contributed by atoms with Gasteiger partial charge in [0.15, 0.2) is 11.6 Å². The van der Waals surface area contributed by atoms with Crippen molar-refractivity contribution in [3.8, 4) is 5.75 Å². The molecule has 3 aromatic heterocycles. The summed E-state index contributed by atoms with van der Waals surface area (Å²) in [5.41, 5.74) is 4.10. The van der Waals surface area contributed by atoms with Crippen LogP contribution in [0.3, 0.4) is 0 Å². The molecule has 0 aliphatic heterocycles. The lowest BCUT2D eigenvalue weighted by molar-refractivity contribution is 0.415. The number of aryl methyl sites for hydroxylation is 2. The topological polar surface area (TPSA) is 52.0 Å². The number of hydrogen-bond acceptors (Lipinski definition) is 4. The number of aromatic nitrogens is 3. The molecule has 0 aliphatic rings. The van der Waals surface area contributed by atoms with E-state index in [0.717, 1.165) is 39.7 Å². The zero-order valence-electron chi connectivity index (χ0n) is 14.9. The Balaban J connectivity index is 2.04. The van der Waals surface area contributed by atoms with E-state index in [9.17, 15) is 0 Å². The van der Waals surface area contributed by atoms with Crippen LogP contribution in [0, 0.1) is 6.92 Å². The summed E-state index contributed by atoms with van der Waals surface area (Å²) in [7, 11) is 1.63. The average Bonchev–Trinajstić information content (AvgIpc) is 2.97. The SMILES string of the molecule is CCn1c2c(Nc3ncccc3OC)cc(Cl)cc2c2ccnc(C)c21. The molecule has 1 aromatic carbocycles. The molecule has 0 aliphatic carbocycles. The van der Waals surface area contributed by atoms with Crippen molar-refractivity contribution < 1.29 is 4.74 Å². The molecule has 1 N–H and O–H groups in total. The molecule has 3 heterocycles. The molecule has 0 saturated heterocycles. The molecule has 0 radical (unpaired) electrons. The molecule has 0 atom stereocenters.